The molecule has 0 spiro atoms. The molecule has 1 N–H and O–H groups in total. The van der Waals surface area contributed by atoms with Gasteiger partial charge in [-0.25, -0.2) is 9.97 Å². The van der Waals surface area contributed by atoms with Crippen LogP contribution in [0.15, 0.2) is 47.4 Å². The van der Waals surface area contributed by atoms with E-state index in [1.807, 2.05) is 44.2 Å². The van der Waals surface area contributed by atoms with Gasteiger partial charge in [0.25, 0.3) is 5.56 Å². The highest BCUT2D eigenvalue weighted by Gasteiger charge is 2.35. The molecule has 4 rings (SSSR count). The van der Waals surface area contributed by atoms with Crippen molar-refractivity contribution in [3.05, 3.63) is 63.7 Å². The standard InChI is InChI=1S/C25H30ClN5O3/c1-5-19-23(25(32)30(3)24(29-19)17-11-10-16(33-4)13-18(17)26)28-20-14-31(15-21(20)34-6-2)22-9-7-8-12-27-22/h7-13,20-21,28H,5-6,14-15H2,1-4H3/t20?,21-/m0/s1. The van der Waals surface area contributed by atoms with E-state index in [-0.39, 0.29) is 17.7 Å². The van der Waals surface area contributed by atoms with Crippen LogP contribution in [0.4, 0.5) is 11.5 Å². The number of aryl methyl sites for hydroxylation is 1. The van der Waals surface area contributed by atoms with Crippen LogP contribution >= 0.6 is 11.6 Å². The van der Waals surface area contributed by atoms with E-state index in [1.54, 1.807) is 26.4 Å². The summed E-state index contributed by atoms with van der Waals surface area (Å²) >= 11 is 6.49. The highest BCUT2D eigenvalue weighted by Crippen LogP contribution is 2.31. The molecule has 1 unspecified atom stereocenters. The minimum absolute atomic E-state index is 0.0859. The van der Waals surface area contributed by atoms with Crippen LogP contribution in [-0.2, 0) is 18.2 Å². The van der Waals surface area contributed by atoms with Crippen molar-refractivity contribution in [1.82, 2.24) is 14.5 Å². The van der Waals surface area contributed by atoms with Gasteiger partial charge in [0.05, 0.1) is 30.0 Å². The van der Waals surface area contributed by atoms with Gasteiger partial charge in [0.1, 0.15) is 23.1 Å². The normalized spacial score (nSPS) is 17.7. The van der Waals surface area contributed by atoms with E-state index < -0.39 is 0 Å². The maximum Gasteiger partial charge on any atom is 0.277 e. The molecule has 34 heavy (non-hydrogen) atoms. The van der Waals surface area contributed by atoms with Crippen LogP contribution in [0.1, 0.15) is 19.5 Å². The van der Waals surface area contributed by atoms with Crippen molar-refractivity contribution in [1.29, 1.82) is 0 Å². The van der Waals surface area contributed by atoms with Crippen molar-refractivity contribution in [3.63, 3.8) is 0 Å². The molecule has 0 saturated carbocycles. The number of ether oxygens (including phenoxy) is 2. The van der Waals surface area contributed by atoms with Crippen molar-refractivity contribution < 1.29 is 9.47 Å². The van der Waals surface area contributed by atoms with Crippen molar-refractivity contribution in [2.75, 3.05) is 37.0 Å². The van der Waals surface area contributed by atoms with Crippen LogP contribution in [-0.4, -0.2) is 53.5 Å². The van der Waals surface area contributed by atoms with Gasteiger partial charge >= 0.3 is 0 Å². The molecule has 1 aliphatic rings. The topological polar surface area (TPSA) is 81.5 Å². The monoisotopic (exact) mass is 483 g/mol. The van der Waals surface area contributed by atoms with Gasteiger partial charge in [-0.05, 0) is 43.7 Å². The number of rotatable bonds is 8. The van der Waals surface area contributed by atoms with Crippen molar-refractivity contribution in [2.24, 2.45) is 7.05 Å². The summed E-state index contributed by atoms with van der Waals surface area (Å²) < 4.78 is 12.8. The largest absolute Gasteiger partial charge is 0.497 e. The maximum absolute atomic E-state index is 13.5. The predicted octanol–water partition coefficient (Wildman–Crippen LogP) is 3.77. The molecule has 8 nitrogen and oxygen atoms in total. The Morgan fingerprint density at radius 2 is 2.03 bits per heavy atom. The second-order valence-corrected chi connectivity index (χ2v) is 8.57. The number of halogens is 1. The highest BCUT2D eigenvalue weighted by atomic mass is 35.5. The quantitative estimate of drug-likeness (QED) is 0.522. The Morgan fingerprint density at radius 3 is 2.68 bits per heavy atom. The van der Waals surface area contributed by atoms with E-state index in [2.05, 4.69) is 15.2 Å². The van der Waals surface area contributed by atoms with Gasteiger partial charge in [-0.15, -0.1) is 0 Å². The molecule has 1 saturated heterocycles. The Balaban J connectivity index is 1.68. The van der Waals surface area contributed by atoms with Gasteiger partial charge < -0.3 is 19.7 Å². The average molecular weight is 484 g/mol. The minimum atomic E-state index is -0.153. The van der Waals surface area contributed by atoms with Crippen molar-refractivity contribution in [3.8, 4) is 17.1 Å². The molecule has 2 aromatic heterocycles. The van der Waals surface area contributed by atoms with Crippen LogP contribution in [0.25, 0.3) is 11.4 Å². The molecular weight excluding hydrogens is 454 g/mol. The number of hydrogen-bond donors (Lipinski definition) is 1. The molecule has 0 amide bonds. The number of nitrogens with one attached hydrogen (secondary N) is 1. The summed E-state index contributed by atoms with van der Waals surface area (Å²) in [5.74, 6) is 2.05. The molecule has 2 atom stereocenters. The zero-order valence-corrected chi connectivity index (χ0v) is 20.7. The van der Waals surface area contributed by atoms with Crippen LogP contribution < -0.4 is 20.5 Å². The number of benzene rings is 1. The number of nitrogens with zero attached hydrogens (tertiary/aromatic N) is 4. The molecule has 1 fully saturated rings. The lowest BCUT2D eigenvalue weighted by Crippen LogP contribution is -2.38. The summed E-state index contributed by atoms with van der Waals surface area (Å²) in [5, 5.41) is 3.95. The summed E-state index contributed by atoms with van der Waals surface area (Å²) in [6.07, 6.45) is 2.29. The fourth-order valence-corrected chi connectivity index (χ4v) is 4.56. The summed E-state index contributed by atoms with van der Waals surface area (Å²) in [7, 11) is 3.30. The third-order valence-corrected chi connectivity index (χ3v) is 6.38. The molecule has 1 aliphatic heterocycles. The Morgan fingerprint density at radius 1 is 1.21 bits per heavy atom. The molecule has 180 valence electrons. The van der Waals surface area contributed by atoms with Gasteiger partial charge in [0.2, 0.25) is 0 Å². The lowest BCUT2D eigenvalue weighted by molar-refractivity contribution is 0.0719. The van der Waals surface area contributed by atoms with E-state index in [0.717, 1.165) is 5.82 Å². The maximum atomic E-state index is 13.5. The Bertz CT molecular complexity index is 1200. The lowest BCUT2D eigenvalue weighted by atomic mass is 10.1. The van der Waals surface area contributed by atoms with Crippen LogP contribution in [0.2, 0.25) is 5.02 Å². The summed E-state index contributed by atoms with van der Waals surface area (Å²) in [6, 6.07) is 11.1. The Hall–Kier alpha value is -3.10. The molecule has 0 bridgehead atoms. The second kappa shape index (κ2) is 10.4. The first kappa shape index (κ1) is 24.0. The molecule has 3 aromatic rings. The van der Waals surface area contributed by atoms with Gasteiger partial charge in [0.15, 0.2) is 0 Å². The number of hydrogen-bond acceptors (Lipinski definition) is 7. The van der Waals surface area contributed by atoms with Gasteiger partial charge in [-0.3, -0.25) is 9.36 Å². The van der Waals surface area contributed by atoms with Gasteiger partial charge in [0, 0.05) is 38.5 Å². The number of methoxy groups -OCH3 is 1. The zero-order chi connectivity index (χ0) is 24.2. The van der Waals surface area contributed by atoms with Crippen LogP contribution in [0.3, 0.4) is 0 Å². The van der Waals surface area contributed by atoms with Crippen LogP contribution in [0, 0.1) is 0 Å². The number of aromatic nitrogens is 3. The first-order chi connectivity index (χ1) is 16.5. The first-order valence-corrected chi connectivity index (χ1v) is 11.8. The van der Waals surface area contributed by atoms with E-state index in [0.29, 0.717) is 59.7 Å². The SMILES string of the molecule is CCO[C@H]1CN(c2ccccn2)CC1Nc1c(CC)nc(-c2ccc(OC)cc2Cl)n(C)c1=O. The highest BCUT2D eigenvalue weighted by molar-refractivity contribution is 6.33. The minimum Gasteiger partial charge on any atom is -0.497 e. The van der Waals surface area contributed by atoms with E-state index in [1.165, 1.54) is 4.57 Å². The second-order valence-electron chi connectivity index (χ2n) is 8.16. The van der Waals surface area contributed by atoms with E-state index in [9.17, 15) is 4.79 Å². The van der Waals surface area contributed by atoms with Gasteiger partial charge in [-0.1, -0.05) is 24.6 Å². The lowest BCUT2D eigenvalue weighted by Gasteiger charge is -2.22. The third-order valence-electron chi connectivity index (χ3n) is 6.07. The fraction of sp³-hybridized carbons (Fsp3) is 0.400. The fourth-order valence-electron chi connectivity index (χ4n) is 4.30. The van der Waals surface area contributed by atoms with E-state index in [4.69, 9.17) is 26.1 Å². The third kappa shape index (κ3) is 4.74. The van der Waals surface area contributed by atoms with Crippen molar-refractivity contribution >= 4 is 23.1 Å². The smallest absolute Gasteiger partial charge is 0.277 e. The predicted molar refractivity (Wildman–Crippen MR) is 135 cm³/mol. The molecule has 9 heteroatoms. The van der Waals surface area contributed by atoms with E-state index >= 15 is 0 Å². The molecule has 1 aromatic carbocycles. The van der Waals surface area contributed by atoms with Crippen molar-refractivity contribution in [2.45, 2.75) is 32.4 Å². The Labute approximate surface area is 204 Å². The number of anilines is 2. The summed E-state index contributed by atoms with van der Waals surface area (Å²) in [6.45, 7) is 5.91. The Kier molecular flexibility index (Phi) is 7.38. The molecule has 0 aliphatic carbocycles. The summed E-state index contributed by atoms with van der Waals surface area (Å²) in [5.41, 5.74) is 1.71. The summed E-state index contributed by atoms with van der Waals surface area (Å²) in [4.78, 5) is 25.0. The zero-order valence-electron chi connectivity index (χ0n) is 19.9. The molecule has 0 radical (unpaired) electrons. The van der Waals surface area contributed by atoms with Crippen LogP contribution in [0.5, 0.6) is 5.75 Å². The van der Waals surface area contributed by atoms with Gasteiger partial charge in [-0.2, -0.15) is 0 Å². The molecular formula is C25H30ClN5O3. The number of pyridine rings is 1. The average Bonchev–Trinajstić information content (AvgIpc) is 3.25. The first-order valence-electron chi connectivity index (χ1n) is 11.4. The molecule has 3 heterocycles.